The minimum atomic E-state index is -3.77. The zero-order valence-electron chi connectivity index (χ0n) is 11.3. The fourth-order valence-electron chi connectivity index (χ4n) is 1.67. The van der Waals surface area contributed by atoms with Crippen molar-refractivity contribution < 1.29 is 22.1 Å². The van der Waals surface area contributed by atoms with Crippen molar-refractivity contribution in [3.05, 3.63) is 29.8 Å². The minimum absolute atomic E-state index is 0.142. The zero-order chi connectivity index (χ0) is 14.1. The van der Waals surface area contributed by atoms with Crippen LogP contribution in [0.25, 0.3) is 0 Å². The van der Waals surface area contributed by atoms with Gasteiger partial charge >= 0.3 is 0 Å². The van der Waals surface area contributed by atoms with E-state index in [1.54, 1.807) is 26.0 Å². The number of ether oxygens (including phenoxy) is 2. The molecule has 1 aromatic carbocycles. The highest BCUT2D eigenvalue weighted by Crippen LogP contribution is 2.22. The van der Waals surface area contributed by atoms with Gasteiger partial charge in [-0.05, 0) is 32.9 Å². The second-order valence-electron chi connectivity index (χ2n) is 5.01. The van der Waals surface area contributed by atoms with Crippen LogP contribution in [0.3, 0.4) is 0 Å². The molecule has 1 aliphatic rings. The molecule has 106 valence electrons. The molecule has 1 fully saturated rings. The van der Waals surface area contributed by atoms with E-state index in [4.69, 9.17) is 13.7 Å². The summed E-state index contributed by atoms with van der Waals surface area (Å²) in [6.07, 6.45) is -0.612. The minimum Gasteiger partial charge on any atom is -0.348 e. The van der Waals surface area contributed by atoms with Gasteiger partial charge in [0.15, 0.2) is 5.79 Å². The molecule has 0 bridgehead atoms. The lowest BCUT2D eigenvalue weighted by molar-refractivity contribution is -0.268. The van der Waals surface area contributed by atoms with Crippen LogP contribution < -0.4 is 0 Å². The van der Waals surface area contributed by atoms with Gasteiger partial charge in [0, 0.05) is 0 Å². The lowest BCUT2D eigenvalue weighted by atomic mass is 10.2. The van der Waals surface area contributed by atoms with E-state index in [9.17, 15) is 8.42 Å². The first kappa shape index (κ1) is 14.5. The Balaban J connectivity index is 2.04. The van der Waals surface area contributed by atoms with Crippen molar-refractivity contribution in [3.63, 3.8) is 0 Å². The third kappa shape index (κ3) is 3.76. The monoisotopic (exact) mass is 286 g/mol. The second-order valence-corrected chi connectivity index (χ2v) is 6.58. The van der Waals surface area contributed by atoms with Gasteiger partial charge in [0.25, 0.3) is 10.1 Å². The molecule has 1 heterocycles. The van der Waals surface area contributed by atoms with Crippen LogP contribution in [-0.2, 0) is 23.8 Å². The Hall–Kier alpha value is -0.950. The molecule has 0 aromatic heterocycles. The maximum Gasteiger partial charge on any atom is 0.297 e. The molecule has 0 N–H and O–H groups in total. The Kier molecular flexibility index (Phi) is 3.96. The van der Waals surface area contributed by atoms with Gasteiger partial charge in [0.1, 0.15) is 6.10 Å². The fraction of sp³-hybridized carbons (Fsp3) is 0.538. The van der Waals surface area contributed by atoms with Gasteiger partial charge in [-0.25, -0.2) is 0 Å². The molecular weight excluding hydrogens is 268 g/mol. The lowest BCUT2D eigenvalue weighted by Crippen LogP contribution is -2.43. The van der Waals surface area contributed by atoms with Crippen LogP contribution in [0.15, 0.2) is 29.2 Å². The summed E-state index contributed by atoms with van der Waals surface area (Å²) in [5.41, 5.74) is 0.991. The van der Waals surface area contributed by atoms with E-state index in [0.717, 1.165) is 5.56 Å². The van der Waals surface area contributed by atoms with Crippen molar-refractivity contribution in [1.82, 2.24) is 0 Å². The Labute approximate surface area is 113 Å². The Morgan fingerprint density at radius 2 is 1.68 bits per heavy atom. The van der Waals surface area contributed by atoms with Gasteiger partial charge < -0.3 is 9.47 Å². The van der Waals surface area contributed by atoms with Crippen LogP contribution in [0.2, 0.25) is 0 Å². The van der Waals surface area contributed by atoms with Crippen LogP contribution in [-0.4, -0.2) is 33.5 Å². The molecule has 0 amide bonds. The molecule has 2 rings (SSSR count). The molecule has 0 atom stereocenters. The van der Waals surface area contributed by atoms with Crippen molar-refractivity contribution in [2.75, 3.05) is 13.2 Å². The van der Waals surface area contributed by atoms with E-state index in [2.05, 4.69) is 0 Å². The van der Waals surface area contributed by atoms with E-state index in [0.29, 0.717) is 0 Å². The average Bonchev–Trinajstić information content (AvgIpc) is 2.32. The molecule has 1 aromatic rings. The Morgan fingerprint density at radius 1 is 1.16 bits per heavy atom. The summed E-state index contributed by atoms with van der Waals surface area (Å²) in [5, 5.41) is 0. The molecule has 5 nitrogen and oxygen atoms in total. The fourth-order valence-corrected chi connectivity index (χ4v) is 2.72. The van der Waals surface area contributed by atoms with Gasteiger partial charge in [0.05, 0.1) is 18.1 Å². The standard InChI is InChI=1S/C13H18O5S/c1-10-4-6-12(7-5-10)19(14,15)18-11-8-16-13(2,3)17-9-11/h4-7,11H,8-9H2,1-3H3. The van der Waals surface area contributed by atoms with Gasteiger partial charge in [-0.1, -0.05) is 17.7 Å². The second kappa shape index (κ2) is 5.20. The van der Waals surface area contributed by atoms with E-state index in [-0.39, 0.29) is 18.1 Å². The van der Waals surface area contributed by atoms with E-state index >= 15 is 0 Å². The summed E-state index contributed by atoms with van der Waals surface area (Å²) in [6.45, 7) is 5.83. The highest BCUT2D eigenvalue weighted by Gasteiger charge is 2.32. The Bertz CT molecular complexity index is 523. The molecule has 1 saturated heterocycles. The van der Waals surface area contributed by atoms with Gasteiger partial charge in [-0.3, -0.25) is 4.18 Å². The number of rotatable bonds is 3. The molecule has 1 aliphatic heterocycles. The summed E-state index contributed by atoms with van der Waals surface area (Å²) in [5.74, 6) is -0.687. The largest absolute Gasteiger partial charge is 0.348 e. The number of aryl methyl sites for hydroxylation is 1. The maximum absolute atomic E-state index is 12.0. The first-order chi connectivity index (χ1) is 8.78. The van der Waals surface area contributed by atoms with Crippen molar-refractivity contribution in [2.45, 2.75) is 37.6 Å². The molecule has 0 unspecified atom stereocenters. The Morgan fingerprint density at radius 3 is 2.21 bits per heavy atom. The predicted octanol–water partition coefficient (Wildman–Crippen LogP) is 1.85. The topological polar surface area (TPSA) is 61.8 Å². The first-order valence-corrected chi connectivity index (χ1v) is 7.47. The maximum atomic E-state index is 12.0. The highest BCUT2D eigenvalue weighted by atomic mass is 32.2. The van der Waals surface area contributed by atoms with Gasteiger partial charge in [-0.15, -0.1) is 0 Å². The van der Waals surface area contributed by atoms with Crippen LogP contribution in [0.5, 0.6) is 0 Å². The van der Waals surface area contributed by atoms with Crippen LogP contribution in [0.1, 0.15) is 19.4 Å². The quantitative estimate of drug-likeness (QED) is 0.794. The van der Waals surface area contributed by atoms with Crippen molar-refractivity contribution in [1.29, 1.82) is 0 Å². The van der Waals surface area contributed by atoms with E-state index < -0.39 is 22.0 Å². The first-order valence-electron chi connectivity index (χ1n) is 6.06. The summed E-state index contributed by atoms with van der Waals surface area (Å²) >= 11 is 0. The van der Waals surface area contributed by atoms with Gasteiger partial charge in [0.2, 0.25) is 0 Å². The normalized spacial score (nSPS) is 20.4. The molecular formula is C13H18O5S. The summed E-state index contributed by atoms with van der Waals surface area (Å²) in [6, 6.07) is 6.51. The average molecular weight is 286 g/mol. The van der Waals surface area contributed by atoms with Crippen molar-refractivity contribution in [3.8, 4) is 0 Å². The molecule has 0 saturated carbocycles. The third-order valence-corrected chi connectivity index (χ3v) is 4.18. The predicted molar refractivity (Wildman–Crippen MR) is 69.2 cm³/mol. The SMILES string of the molecule is Cc1ccc(S(=O)(=O)OC2COC(C)(C)OC2)cc1. The van der Waals surface area contributed by atoms with E-state index in [1.807, 2.05) is 6.92 Å². The molecule has 6 heteroatoms. The molecule has 0 spiro atoms. The van der Waals surface area contributed by atoms with Crippen molar-refractivity contribution >= 4 is 10.1 Å². The summed E-state index contributed by atoms with van der Waals surface area (Å²) in [7, 11) is -3.77. The molecule has 0 aliphatic carbocycles. The van der Waals surface area contributed by atoms with Crippen LogP contribution in [0, 0.1) is 6.92 Å². The van der Waals surface area contributed by atoms with E-state index in [1.165, 1.54) is 12.1 Å². The number of hydrogen-bond donors (Lipinski definition) is 0. The smallest absolute Gasteiger partial charge is 0.297 e. The van der Waals surface area contributed by atoms with Gasteiger partial charge in [-0.2, -0.15) is 8.42 Å². The highest BCUT2D eigenvalue weighted by molar-refractivity contribution is 7.86. The van der Waals surface area contributed by atoms with Crippen molar-refractivity contribution in [2.24, 2.45) is 0 Å². The summed E-state index contributed by atoms with van der Waals surface area (Å²) < 4.78 is 39.9. The lowest BCUT2D eigenvalue weighted by Gasteiger charge is -2.34. The van der Waals surface area contributed by atoms with Crippen LogP contribution in [0.4, 0.5) is 0 Å². The van der Waals surface area contributed by atoms with Crippen LogP contribution >= 0.6 is 0 Å². The molecule has 0 radical (unpaired) electrons. The summed E-state index contributed by atoms with van der Waals surface area (Å²) in [4.78, 5) is 0.142. The number of benzene rings is 1. The molecule has 19 heavy (non-hydrogen) atoms. The zero-order valence-corrected chi connectivity index (χ0v) is 12.1. The number of hydrogen-bond acceptors (Lipinski definition) is 5. The third-order valence-electron chi connectivity index (χ3n) is 2.81.